The SMILES string of the molecule is CC(C)N1C(=O)C(CNC(=O)[C@@H]2[C@@H](O)CCN2S(=O)(=O)c2cc3ccccc3o2)CN(c2ccc(C(F)(F)F)cc2)C1=O. The van der Waals surface area contributed by atoms with Crippen molar-refractivity contribution in [2.45, 2.75) is 49.7 Å². The van der Waals surface area contributed by atoms with E-state index in [1.54, 1.807) is 38.1 Å². The van der Waals surface area contributed by atoms with Gasteiger partial charge in [0.05, 0.1) is 17.6 Å². The number of hydrogen-bond donors (Lipinski definition) is 2. The van der Waals surface area contributed by atoms with Crippen molar-refractivity contribution >= 4 is 44.5 Å². The number of carbonyl (C=O) groups is 3. The van der Waals surface area contributed by atoms with Crippen molar-refractivity contribution in [3.63, 3.8) is 0 Å². The van der Waals surface area contributed by atoms with E-state index in [1.165, 1.54) is 6.07 Å². The van der Waals surface area contributed by atoms with Gasteiger partial charge in [0.2, 0.25) is 16.9 Å². The van der Waals surface area contributed by atoms with Crippen LogP contribution in [0.25, 0.3) is 11.0 Å². The number of amides is 4. The molecule has 4 amide bonds. The van der Waals surface area contributed by atoms with Crippen molar-refractivity contribution in [1.82, 2.24) is 14.5 Å². The van der Waals surface area contributed by atoms with Gasteiger partial charge in [-0.15, -0.1) is 0 Å². The molecule has 2 saturated heterocycles. The van der Waals surface area contributed by atoms with Gasteiger partial charge in [-0.25, -0.2) is 13.2 Å². The van der Waals surface area contributed by atoms with Crippen LogP contribution in [0.15, 0.2) is 64.1 Å². The summed E-state index contributed by atoms with van der Waals surface area (Å²) in [5.41, 5.74) is -0.445. The summed E-state index contributed by atoms with van der Waals surface area (Å²) in [7, 11) is -4.33. The molecule has 2 aliphatic heterocycles. The van der Waals surface area contributed by atoms with Gasteiger partial charge in [0.25, 0.3) is 10.0 Å². The smallest absolute Gasteiger partial charge is 0.416 e. The molecule has 43 heavy (non-hydrogen) atoms. The fourth-order valence-corrected chi connectivity index (χ4v) is 6.91. The number of nitrogens with one attached hydrogen (secondary N) is 1. The van der Waals surface area contributed by atoms with E-state index in [-0.39, 0.29) is 36.8 Å². The summed E-state index contributed by atoms with van der Waals surface area (Å²) in [4.78, 5) is 41.8. The van der Waals surface area contributed by atoms with Crippen molar-refractivity contribution in [3.05, 3.63) is 60.2 Å². The Balaban J connectivity index is 1.34. The second-order valence-corrected chi connectivity index (χ2v) is 12.5. The van der Waals surface area contributed by atoms with Crippen LogP contribution in [-0.2, 0) is 25.8 Å². The fourth-order valence-electron chi connectivity index (χ4n) is 5.32. The maximum Gasteiger partial charge on any atom is 0.416 e. The standard InChI is InChI=1S/C28H29F3N4O7S/c1-16(2)35-26(38)18(15-33(27(35)39)20-9-7-19(8-10-20)28(29,30)31)14-32-25(37)24-21(36)11-12-34(24)43(40,41)23-13-17-5-3-4-6-22(17)42-23/h3-10,13,16,18,21,24,36H,11-12,14-15H2,1-2H3,(H,32,37)/t18?,21-,24-/m0/s1. The zero-order valence-corrected chi connectivity index (χ0v) is 23.9. The summed E-state index contributed by atoms with van der Waals surface area (Å²) in [5.74, 6) is -2.47. The Labute approximate surface area is 244 Å². The van der Waals surface area contributed by atoms with Crippen LogP contribution >= 0.6 is 0 Å². The second kappa shape index (κ2) is 11.3. The highest BCUT2D eigenvalue weighted by atomic mass is 32.2. The Bertz CT molecular complexity index is 1620. The Morgan fingerprint density at radius 3 is 2.42 bits per heavy atom. The van der Waals surface area contributed by atoms with Crippen molar-refractivity contribution in [2.75, 3.05) is 24.5 Å². The molecule has 230 valence electrons. The number of nitrogens with zero attached hydrogens (tertiary/aromatic N) is 3. The third-order valence-electron chi connectivity index (χ3n) is 7.53. The number of imide groups is 1. The van der Waals surface area contributed by atoms with Gasteiger partial charge in [-0.3, -0.25) is 19.4 Å². The van der Waals surface area contributed by atoms with Crippen LogP contribution in [0.1, 0.15) is 25.8 Å². The van der Waals surface area contributed by atoms with Crippen LogP contribution in [0.4, 0.5) is 23.7 Å². The predicted molar refractivity (Wildman–Crippen MR) is 147 cm³/mol. The van der Waals surface area contributed by atoms with E-state index in [0.29, 0.717) is 11.0 Å². The number of aliphatic hydroxyl groups is 1. The molecule has 5 rings (SSSR count). The van der Waals surface area contributed by atoms with Gasteiger partial charge < -0.3 is 14.8 Å². The number of benzene rings is 2. The molecule has 1 unspecified atom stereocenters. The number of furan rings is 1. The van der Waals surface area contributed by atoms with Gasteiger partial charge >= 0.3 is 12.2 Å². The first-order chi connectivity index (χ1) is 20.2. The summed E-state index contributed by atoms with van der Waals surface area (Å²) < 4.78 is 72.4. The zero-order valence-electron chi connectivity index (χ0n) is 23.1. The lowest BCUT2D eigenvalue weighted by molar-refractivity contribution is -0.137. The van der Waals surface area contributed by atoms with E-state index in [2.05, 4.69) is 5.32 Å². The van der Waals surface area contributed by atoms with Gasteiger partial charge in [-0.05, 0) is 50.6 Å². The molecule has 2 aromatic carbocycles. The summed E-state index contributed by atoms with van der Waals surface area (Å²) in [6.45, 7) is 2.46. The molecule has 0 spiro atoms. The Kier molecular flexibility index (Phi) is 8.00. The number of alkyl halides is 3. The molecule has 0 bridgehead atoms. The molecular weight excluding hydrogens is 593 g/mol. The Morgan fingerprint density at radius 2 is 1.79 bits per heavy atom. The van der Waals surface area contributed by atoms with Crippen molar-refractivity contribution < 1.29 is 45.5 Å². The number of hydrogen-bond acceptors (Lipinski definition) is 7. The average Bonchev–Trinajstić information content (AvgIpc) is 3.56. The van der Waals surface area contributed by atoms with Crippen LogP contribution in [0.3, 0.4) is 0 Å². The number of anilines is 1. The van der Waals surface area contributed by atoms with E-state index in [0.717, 1.165) is 38.4 Å². The summed E-state index contributed by atoms with van der Waals surface area (Å²) in [5, 5.41) is 13.3. The normalized spacial score (nSPS) is 22.2. The number of carbonyl (C=O) groups excluding carboxylic acids is 3. The van der Waals surface area contributed by atoms with Crippen molar-refractivity contribution in [2.24, 2.45) is 5.92 Å². The maximum atomic E-state index is 13.4. The highest BCUT2D eigenvalue weighted by Crippen LogP contribution is 2.33. The summed E-state index contributed by atoms with van der Waals surface area (Å²) in [6, 6.07) is 9.06. The van der Waals surface area contributed by atoms with E-state index in [4.69, 9.17) is 4.42 Å². The van der Waals surface area contributed by atoms with Crippen LogP contribution in [0.5, 0.6) is 0 Å². The van der Waals surface area contributed by atoms with Crippen LogP contribution in [0.2, 0.25) is 0 Å². The highest BCUT2D eigenvalue weighted by molar-refractivity contribution is 7.89. The lowest BCUT2D eigenvalue weighted by Gasteiger charge is -2.40. The first kappa shape index (κ1) is 30.5. The largest absolute Gasteiger partial charge is 0.443 e. The number of urea groups is 1. The minimum Gasteiger partial charge on any atom is -0.443 e. The van der Waals surface area contributed by atoms with Gasteiger partial charge in [0.1, 0.15) is 11.6 Å². The molecular formula is C28H29F3N4O7S. The third kappa shape index (κ3) is 5.71. The van der Waals surface area contributed by atoms with Crippen LogP contribution in [-0.4, -0.2) is 78.4 Å². The minimum atomic E-state index is -4.58. The molecule has 3 atom stereocenters. The molecule has 2 N–H and O–H groups in total. The first-order valence-corrected chi connectivity index (χ1v) is 14.9. The van der Waals surface area contributed by atoms with Gasteiger partial charge in [-0.2, -0.15) is 17.5 Å². The van der Waals surface area contributed by atoms with E-state index in [1.807, 2.05) is 0 Å². The molecule has 3 aromatic rings. The quantitative estimate of drug-likeness (QED) is 0.413. The molecule has 0 radical (unpaired) electrons. The minimum absolute atomic E-state index is 0.0166. The second-order valence-electron chi connectivity index (χ2n) is 10.7. The molecule has 0 aliphatic carbocycles. The zero-order chi connectivity index (χ0) is 31.3. The van der Waals surface area contributed by atoms with E-state index in [9.17, 15) is 41.1 Å². The topological polar surface area (TPSA) is 140 Å². The van der Waals surface area contributed by atoms with Crippen LogP contribution < -0.4 is 10.2 Å². The number of halogens is 3. The number of aliphatic hydroxyl groups excluding tert-OH is 1. The van der Waals surface area contributed by atoms with Gasteiger partial charge in [0, 0.05) is 42.8 Å². The number of fused-ring (bicyclic) bond motifs is 1. The molecule has 2 aliphatic rings. The van der Waals surface area contributed by atoms with Gasteiger partial charge in [0.15, 0.2) is 0 Å². The van der Waals surface area contributed by atoms with E-state index >= 15 is 0 Å². The molecule has 2 fully saturated rings. The number of para-hydroxylation sites is 1. The Morgan fingerprint density at radius 1 is 1.12 bits per heavy atom. The predicted octanol–water partition coefficient (Wildman–Crippen LogP) is 3.19. The lowest BCUT2D eigenvalue weighted by Crippen LogP contribution is -2.61. The van der Waals surface area contributed by atoms with Gasteiger partial charge in [-0.1, -0.05) is 18.2 Å². The fraction of sp³-hybridized carbons (Fsp3) is 0.393. The molecule has 3 heterocycles. The average molecular weight is 623 g/mol. The van der Waals surface area contributed by atoms with Crippen molar-refractivity contribution in [1.29, 1.82) is 0 Å². The first-order valence-electron chi connectivity index (χ1n) is 13.5. The monoisotopic (exact) mass is 622 g/mol. The van der Waals surface area contributed by atoms with Crippen LogP contribution in [0, 0.1) is 5.92 Å². The Hall–Kier alpha value is -3.95. The number of rotatable bonds is 7. The van der Waals surface area contributed by atoms with Crippen molar-refractivity contribution in [3.8, 4) is 0 Å². The summed E-state index contributed by atoms with van der Waals surface area (Å²) in [6.07, 6.45) is -5.93. The number of sulfonamides is 1. The molecule has 11 nitrogen and oxygen atoms in total. The third-order valence-corrected chi connectivity index (χ3v) is 9.26. The highest BCUT2D eigenvalue weighted by Gasteiger charge is 2.47. The van der Waals surface area contributed by atoms with E-state index < -0.39 is 63.7 Å². The molecule has 0 saturated carbocycles. The molecule has 1 aromatic heterocycles. The maximum absolute atomic E-state index is 13.4. The lowest BCUT2D eigenvalue weighted by atomic mass is 10.0. The molecule has 15 heteroatoms. The summed E-state index contributed by atoms with van der Waals surface area (Å²) >= 11 is 0.